The van der Waals surface area contributed by atoms with Gasteiger partial charge in [0, 0.05) is 12.6 Å². The van der Waals surface area contributed by atoms with E-state index < -0.39 is 11.6 Å². The van der Waals surface area contributed by atoms with Gasteiger partial charge in [0.1, 0.15) is 5.60 Å². The predicted molar refractivity (Wildman–Crippen MR) is 78.3 cm³/mol. The standard InChI is InChI=1S/C16H21NO4/c1-10-8-13-11(6-5-7-12(13)14(18)19)9-17(10)15(20)21-16(2,3)4/h5-7,10H,8-9H2,1-4H3,(H,18,19). The predicted octanol–water partition coefficient (Wildman–Crippen LogP) is 3.07. The molecule has 1 aliphatic rings. The normalized spacial score (nSPS) is 18.1. The van der Waals surface area contributed by atoms with Gasteiger partial charge in [-0.05, 0) is 51.3 Å². The fraction of sp³-hybridized carbons (Fsp3) is 0.500. The van der Waals surface area contributed by atoms with Gasteiger partial charge in [-0.15, -0.1) is 0 Å². The van der Waals surface area contributed by atoms with E-state index in [1.54, 1.807) is 17.0 Å². The molecule has 1 atom stereocenters. The highest BCUT2D eigenvalue weighted by molar-refractivity contribution is 5.90. The molecule has 1 unspecified atom stereocenters. The van der Waals surface area contributed by atoms with Gasteiger partial charge in [0.15, 0.2) is 0 Å². The van der Waals surface area contributed by atoms with Crippen molar-refractivity contribution in [1.82, 2.24) is 4.90 Å². The maximum absolute atomic E-state index is 12.2. The number of benzene rings is 1. The van der Waals surface area contributed by atoms with E-state index in [9.17, 15) is 14.7 Å². The molecule has 1 N–H and O–H groups in total. The second kappa shape index (κ2) is 5.39. The Kier molecular flexibility index (Phi) is 3.94. The van der Waals surface area contributed by atoms with Crippen LogP contribution in [0, 0.1) is 0 Å². The highest BCUT2D eigenvalue weighted by Gasteiger charge is 2.32. The van der Waals surface area contributed by atoms with Crippen LogP contribution in [0.4, 0.5) is 4.79 Å². The molecule has 2 rings (SSSR count). The first kappa shape index (κ1) is 15.4. The number of nitrogens with zero attached hydrogens (tertiary/aromatic N) is 1. The zero-order chi connectivity index (χ0) is 15.8. The summed E-state index contributed by atoms with van der Waals surface area (Å²) in [5.41, 5.74) is 1.47. The molecule has 1 aromatic rings. The van der Waals surface area contributed by atoms with Crippen LogP contribution in [0.1, 0.15) is 49.2 Å². The molecular formula is C16H21NO4. The topological polar surface area (TPSA) is 66.8 Å². The number of aromatic carboxylic acids is 1. The highest BCUT2D eigenvalue weighted by Crippen LogP contribution is 2.27. The second-order valence-electron chi connectivity index (χ2n) is 6.41. The number of carboxylic acid groups (broad SMARTS) is 1. The van der Waals surface area contributed by atoms with Crippen LogP contribution in [0.2, 0.25) is 0 Å². The first-order valence-corrected chi connectivity index (χ1v) is 7.02. The van der Waals surface area contributed by atoms with Gasteiger partial charge in [-0.1, -0.05) is 12.1 Å². The average molecular weight is 291 g/mol. The van der Waals surface area contributed by atoms with Crippen LogP contribution in [0.5, 0.6) is 0 Å². The summed E-state index contributed by atoms with van der Waals surface area (Å²) >= 11 is 0. The second-order valence-corrected chi connectivity index (χ2v) is 6.41. The smallest absolute Gasteiger partial charge is 0.410 e. The van der Waals surface area contributed by atoms with Crippen LogP contribution in [-0.4, -0.2) is 33.7 Å². The molecule has 1 aromatic carbocycles. The van der Waals surface area contributed by atoms with Crippen LogP contribution in [0.15, 0.2) is 18.2 Å². The monoisotopic (exact) mass is 291 g/mol. The molecule has 0 bridgehead atoms. The Morgan fingerprint density at radius 2 is 2.00 bits per heavy atom. The molecule has 114 valence electrons. The van der Waals surface area contributed by atoms with E-state index in [2.05, 4.69) is 0 Å². The Labute approximate surface area is 124 Å². The quantitative estimate of drug-likeness (QED) is 0.863. The van der Waals surface area contributed by atoms with Crippen molar-refractivity contribution >= 4 is 12.1 Å². The number of ether oxygens (including phenoxy) is 1. The number of hydrogen-bond acceptors (Lipinski definition) is 3. The third-order valence-electron chi connectivity index (χ3n) is 3.50. The van der Waals surface area contributed by atoms with E-state index in [0.29, 0.717) is 18.5 Å². The lowest BCUT2D eigenvalue weighted by Crippen LogP contribution is -2.45. The third kappa shape index (κ3) is 3.35. The highest BCUT2D eigenvalue weighted by atomic mass is 16.6. The lowest BCUT2D eigenvalue weighted by molar-refractivity contribution is 0.0138. The zero-order valence-corrected chi connectivity index (χ0v) is 12.8. The molecule has 1 heterocycles. The Morgan fingerprint density at radius 3 is 2.57 bits per heavy atom. The molecule has 21 heavy (non-hydrogen) atoms. The summed E-state index contributed by atoms with van der Waals surface area (Å²) in [6.07, 6.45) is 0.165. The molecule has 0 radical (unpaired) electrons. The third-order valence-corrected chi connectivity index (χ3v) is 3.50. The van der Waals surface area contributed by atoms with Crippen LogP contribution >= 0.6 is 0 Å². The van der Waals surface area contributed by atoms with Crippen molar-refractivity contribution in [3.05, 3.63) is 34.9 Å². The Bertz CT molecular complexity index is 574. The van der Waals surface area contributed by atoms with Crippen molar-refractivity contribution in [3.8, 4) is 0 Å². The maximum Gasteiger partial charge on any atom is 0.410 e. The van der Waals surface area contributed by atoms with Gasteiger partial charge >= 0.3 is 12.1 Å². The molecule has 5 heteroatoms. The van der Waals surface area contributed by atoms with Crippen LogP contribution in [0.25, 0.3) is 0 Å². The largest absolute Gasteiger partial charge is 0.478 e. The molecular weight excluding hydrogens is 270 g/mol. The summed E-state index contributed by atoms with van der Waals surface area (Å²) in [6, 6.07) is 5.10. The van der Waals surface area contributed by atoms with Crippen LogP contribution < -0.4 is 0 Å². The number of fused-ring (bicyclic) bond motifs is 1. The van der Waals surface area contributed by atoms with E-state index in [1.807, 2.05) is 33.8 Å². The minimum Gasteiger partial charge on any atom is -0.478 e. The fourth-order valence-electron chi connectivity index (χ4n) is 2.53. The number of amides is 1. The average Bonchev–Trinajstić information content (AvgIpc) is 2.34. The van der Waals surface area contributed by atoms with Crippen molar-refractivity contribution in [3.63, 3.8) is 0 Å². The summed E-state index contributed by atoms with van der Waals surface area (Å²) in [5.74, 6) is -0.926. The number of hydrogen-bond donors (Lipinski definition) is 1. The molecule has 1 amide bonds. The van der Waals surface area contributed by atoms with Gasteiger partial charge in [0.05, 0.1) is 5.56 Å². The van der Waals surface area contributed by atoms with Gasteiger partial charge in [-0.2, -0.15) is 0 Å². The molecule has 0 aromatic heterocycles. The SMILES string of the molecule is CC1Cc2c(cccc2C(=O)O)CN1C(=O)OC(C)(C)C. The number of carbonyl (C=O) groups excluding carboxylic acids is 1. The van der Waals surface area contributed by atoms with Gasteiger partial charge in [-0.3, -0.25) is 0 Å². The van der Waals surface area contributed by atoms with Gasteiger partial charge in [-0.25, -0.2) is 9.59 Å². The van der Waals surface area contributed by atoms with Crippen molar-refractivity contribution < 1.29 is 19.4 Å². The zero-order valence-electron chi connectivity index (χ0n) is 12.8. The lowest BCUT2D eigenvalue weighted by atomic mass is 9.91. The van der Waals surface area contributed by atoms with Crippen molar-refractivity contribution in [2.45, 2.75) is 52.3 Å². The summed E-state index contributed by atoms with van der Waals surface area (Å²) in [6.45, 7) is 7.78. The first-order chi connectivity index (χ1) is 9.69. The van der Waals surface area contributed by atoms with E-state index in [4.69, 9.17) is 4.74 Å². The molecule has 0 spiro atoms. The Morgan fingerprint density at radius 1 is 1.33 bits per heavy atom. The maximum atomic E-state index is 12.2. The summed E-state index contributed by atoms with van der Waals surface area (Å²) in [7, 11) is 0. The van der Waals surface area contributed by atoms with E-state index >= 15 is 0 Å². The van der Waals surface area contributed by atoms with Crippen molar-refractivity contribution in [2.75, 3.05) is 0 Å². The Balaban J connectivity index is 2.27. The van der Waals surface area contributed by atoms with E-state index in [0.717, 1.165) is 11.1 Å². The summed E-state index contributed by atoms with van der Waals surface area (Å²) in [5, 5.41) is 9.25. The molecule has 0 aliphatic carbocycles. The molecule has 0 saturated carbocycles. The Hall–Kier alpha value is -2.04. The van der Waals surface area contributed by atoms with E-state index in [-0.39, 0.29) is 12.1 Å². The van der Waals surface area contributed by atoms with Crippen molar-refractivity contribution in [2.24, 2.45) is 0 Å². The number of carbonyl (C=O) groups is 2. The summed E-state index contributed by atoms with van der Waals surface area (Å²) < 4.78 is 5.41. The lowest BCUT2D eigenvalue weighted by Gasteiger charge is -2.36. The van der Waals surface area contributed by atoms with Gasteiger partial charge in [0.2, 0.25) is 0 Å². The summed E-state index contributed by atoms with van der Waals surface area (Å²) in [4.78, 5) is 25.2. The molecule has 0 fully saturated rings. The van der Waals surface area contributed by atoms with Crippen LogP contribution in [-0.2, 0) is 17.7 Å². The first-order valence-electron chi connectivity index (χ1n) is 7.02. The number of carboxylic acids is 1. The van der Waals surface area contributed by atoms with E-state index in [1.165, 1.54) is 0 Å². The fourth-order valence-corrected chi connectivity index (χ4v) is 2.53. The van der Waals surface area contributed by atoms with Gasteiger partial charge < -0.3 is 14.7 Å². The number of rotatable bonds is 1. The minimum atomic E-state index is -0.926. The molecule has 0 saturated heterocycles. The van der Waals surface area contributed by atoms with Crippen LogP contribution in [0.3, 0.4) is 0 Å². The molecule has 5 nitrogen and oxygen atoms in total. The minimum absolute atomic E-state index is 0.0900. The van der Waals surface area contributed by atoms with Crippen molar-refractivity contribution in [1.29, 1.82) is 0 Å². The van der Waals surface area contributed by atoms with Gasteiger partial charge in [0.25, 0.3) is 0 Å². The molecule has 1 aliphatic heterocycles.